The zero-order valence-corrected chi connectivity index (χ0v) is 9.64. The molecule has 0 heterocycles. The molecule has 1 aromatic carbocycles. The maximum atomic E-state index is 11.6. The van der Waals surface area contributed by atoms with Crippen LogP contribution in [-0.4, -0.2) is 16.5 Å². The molecule has 0 atom stereocenters. The second-order valence-electron chi connectivity index (χ2n) is 3.45. The van der Waals surface area contributed by atoms with Gasteiger partial charge in [-0.3, -0.25) is 14.9 Å². The Bertz CT molecular complexity index is 452. The molecular weight excluding hydrogens is 222 g/mol. The molecule has 0 unspecified atom stereocenters. The van der Waals surface area contributed by atoms with Crippen molar-refractivity contribution in [3.05, 3.63) is 39.9 Å². The fourth-order valence-electron chi connectivity index (χ4n) is 1.02. The van der Waals surface area contributed by atoms with Crippen LogP contribution in [0.5, 0.6) is 0 Å². The number of hydrazone groups is 1. The summed E-state index contributed by atoms with van der Waals surface area (Å²) >= 11 is 0. The molecule has 0 aliphatic rings. The van der Waals surface area contributed by atoms with E-state index in [0.29, 0.717) is 5.56 Å². The van der Waals surface area contributed by atoms with E-state index in [4.69, 9.17) is 0 Å². The fraction of sp³-hybridized carbons (Fsp3) is 0.273. The van der Waals surface area contributed by atoms with Crippen molar-refractivity contribution in [2.24, 2.45) is 5.10 Å². The molecule has 0 aromatic heterocycles. The van der Waals surface area contributed by atoms with Crippen molar-refractivity contribution in [1.82, 2.24) is 5.43 Å². The smallest absolute Gasteiger partial charge is 0.267 e. The molecule has 6 nitrogen and oxygen atoms in total. The Hall–Kier alpha value is -2.24. The van der Waals surface area contributed by atoms with Gasteiger partial charge in [-0.2, -0.15) is 5.10 Å². The minimum Gasteiger partial charge on any atom is -0.267 e. The molecule has 0 spiro atoms. The van der Waals surface area contributed by atoms with E-state index in [9.17, 15) is 14.9 Å². The highest BCUT2D eigenvalue weighted by Crippen LogP contribution is 2.11. The zero-order chi connectivity index (χ0) is 12.8. The van der Waals surface area contributed by atoms with Gasteiger partial charge in [-0.15, -0.1) is 0 Å². The minimum absolute atomic E-state index is 0.0465. The number of non-ortho nitro benzene ring substituents is 1. The van der Waals surface area contributed by atoms with Gasteiger partial charge >= 0.3 is 0 Å². The van der Waals surface area contributed by atoms with Crippen LogP contribution in [0.25, 0.3) is 0 Å². The topological polar surface area (TPSA) is 84.6 Å². The number of nitro groups is 1. The van der Waals surface area contributed by atoms with Crippen LogP contribution in [0, 0.1) is 10.1 Å². The predicted octanol–water partition coefficient (Wildman–Crippen LogP) is 2.11. The Morgan fingerprint density at radius 1 is 1.41 bits per heavy atom. The molecular formula is C11H13N3O3. The van der Waals surface area contributed by atoms with Gasteiger partial charge in [-0.25, -0.2) is 5.43 Å². The number of nitrogens with one attached hydrogen (secondary N) is 1. The Kier molecular flexibility index (Phi) is 4.33. The van der Waals surface area contributed by atoms with Crippen molar-refractivity contribution in [3.63, 3.8) is 0 Å². The SMILES string of the molecule is CC/C(C)=N\NC(=O)c1ccc([N+](=O)[O-])cc1. The largest absolute Gasteiger partial charge is 0.271 e. The van der Waals surface area contributed by atoms with Gasteiger partial charge in [0.15, 0.2) is 0 Å². The summed E-state index contributed by atoms with van der Waals surface area (Å²) in [5.74, 6) is -0.382. The van der Waals surface area contributed by atoms with E-state index in [1.54, 1.807) is 6.92 Å². The van der Waals surface area contributed by atoms with Gasteiger partial charge in [0.05, 0.1) is 4.92 Å². The third-order valence-electron chi connectivity index (χ3n) is 2.20. The van der Waals surface area contributed by atoms with Crippen LogP contribution in [0.2, 0.25) is 0 Å². The summed E-state index contributed by atoms with van der Waals surface area (Å²) in [6.07, 6.45) is 0.751. The quantitative estimate of drug-likeness (QED) is 0.492. The van der Waals surface area contributed by atoms with Gasteiger partial charge in [-0.05, 0) is 25.5 Å². The van der Waals surface area contributed by atoms with E-state index < -0.39 is 4.92 Å². The highest BCUT2D eigenvalue weighted by atomic mass is 16.6. The number of nitro benzene ring substituents is 1. The maximum Gasteiger partial charge on any atom is 0.271 e. The lowest BCUT2D eigenvalue weighted by Gasteiger charge is -2.00. The van der Waals surface area contributed by atoms with Crippen molar-refractivity contribution < 1.29 is 9.72 Å². The van der Waals surface area contributed by atoms with E-state index in [0.717, 1.165) is 12.1 Å². The van der Waals surface area contributed by atoms with Gasteiger partial charge in [0.1, 0.15) is 0 Å². The van der Waals surface area contributed by atoms with Crippen LogP contribution in [0.15, 0.2) is 29.4 Å². The molecule has 0 saturated carbocycles. The standard InChI is InChI=1S/C11H13N3O3/c1-3-8(2)12-13-11(15)9-4-6-10(7-5-9)14(16)17/h4-7H,3H2,1-2H3,(H,13,15)/b12-8-. The highest BCUT2D eigenvalue weighted by Gasteiger charge is 2.08. The second-order valence-corrected chi connectivity index (χ2v) is 3.45. The average Bonchev–Trinajstić information content (AvgIpc) is 2.35. The summed E-state index contributed by atoms with van der Waals surface area (Å²) in [4.78, 5) is 21.5. The number of amides is 1. The van der Waals surface area contributed by atoms with Gasteiger partial charge in [0, 0.05) is 23.4 Å². The van der Waals surface area contributed by atoms with E-state index in [2.05, 4.69) is 10.5 Å². The Morgan fingerprint density at radius 2 is 2.00 bits per heavy atom. The van der Waals surface area contributed by atoms with Crippen molar-refractivity contribution >= 4 is 17.3 Å². The Labute approximate surface area is 98.5 Å². The van der Waals surface area contributed by atoms with Crippen molar-refractivity contribution in [2.45, 2.75) is 20.3 Å². The Morgan fingerprint density at radius 3 is 2.47 bits per heavy atom. The summed E-state index contributed by atoms with van der Waals surface area (Å²) in [7, 11) is 0. The molecule has 0 aliphatic carbocycles. The predicted molar refractivity (Wildman–Crippen MR) is 64.0 cm³/mol. The van der Waals surface area contributed by atoms with Gasteiger partial charge in [0.2, 0.25) is 0 Å². The zero-order valence-electron chi connectivity index (χ0n) is 9.64. The second kappa shape index (κ2) is 5.74. The van der Waals surface area contributed by atoms with Gasteiger partial charge < -0.3 is 0 Å². The number of rotatable bonds is 4. The first-order valence-corrected chi connectivity index (χ1v) is 5.12. The molecule has 90 valence electrons. The molecule has 0 aliphatic heterocycles. The van der Waals surface area contributed by atoms with Crippen LogP contribution in [0.4, 0.5) is 5.69 Å². The number of nitrogens with zero attached hydrogens (tertiary/aromatic N) is 2. The number of hydrogen-bond donors (Lipinski definition) is 1. The van der Waals surface area contributed by atoms with Crippen LogP contribution >= 0.6 is 0 Å². The first-order chi connectivity index (χ1) is 8.04. The van der Waals surface area contributed by atoms with Crippen LogP contribution in [-0.2, 0) is 0 Å². The lowest BCUT2D eigenvalue weighted by molar-refractivity contribution is -0.384. The third-order valence-corrected chi connectivity index (χ3v) is 2.20. The number of carbonyl (C=O) groups excluding carboxylic acids is 1. The number of hydrogen-bond acceptors (Lipinski definition) is 4. The number of carbonyl (C=O) groups is 1. The van der Waals surface area contributed by atoms with E-state index >= 15 is 0 Å². The molecule has 17 heavy (non-hydrogen) atoms. The van der Waals surface area contributed by atoms with Crippen molar-refractivity contribution in [2.75, 3.05) is 0 Å². The Balaban J connectivity index is 2.73. The molecule has 0 bridgehead atoms. The molecule has 1 N–H and O–H groups in total. The van der Waals surface area contributed by atoms with Gasteiger partial charge in [0.25, 0.3) is 11.6 Å². The van der Waals surface area contributed by atoms with E-state index in [1.165, 1.54) is 24.3 Å². The summed E-state index contributed by atoms with van der Waals surface area (Å²) in [5.41, 5.74) is 3.47. The molecule has 1 aromatic rings. The van der Waals surface area contributed by atoms with Gasteiger partial charge in [-0.1, -0.05) is 6.92 Å². The van der Waals surface area contributed by atoms with Crippen molar-refractivity contribution in [1.29, 1.82) is 0 Å². The minimum atomic E-state index is -0.513. The maximum absolute atomic E-state index is 11.6. The van der Waals surface area contributed by atoms with E-state index in [1.807, 2.05) is 6.92 Å². The summed E-state index contributed by atoms with van der Waals surface area (Å²) in [6.45, 7) is 3.73. The van der Waals surface area contributed by atoms with Crippen LogP contribution < -0.4 is 5.43 Å². The third kappa shape index (κ3) is 3.67. The van der Waals surface area contributed by atoms with E-state index in [-0.39, 0.29) is 11.6 Å². The summed E-state index contributed by atoms with van der Waals surface area (Å²) in [6, 6.07) is 5.35. The summed E-state index contributed by atoms with van der Waals surface area (Å²) in [5, 5.41) is 14.3. The lowest BCUT2D eigenvalue weighted by atomic mass is 10.2. The average molecular weight is 235 g/mol. The molecule has 0 radical (unpaired) electrons. The molecule has 0 saturated heterocycles. The normalized spacial score (nSPS) is 11.1. The number of benzene rings is 1. The first kappa shape index (κ1) is 12.8. The monoisotopic (exact) mass is 235 g/mol. The molecule has 1 rings (SSSR count). The molecule has 0 fully saturated rings. The molecule has 6 heteroatoms. The summed E-state index contributed by atoms with van der Waals surface area (Å²) < 4.78 is 0. The molecule has 1 amide bonds. The lowest BCUT2D eigenvalue weighted by Crippen LogP contribution is -2.18. The van der Waals surface area contributed by atoms with Crippen LogP contribution in [0.3, 0.4) is 0 Å². The highest BCUT2D eigenvalue weighted by molar-refractivity contribution is 5.95. The van der Waals surface area contributed by atoms with Crippen molar-refractivity contribution in [3.8, 4) is 0 Å². The van der Waals surface area contributed by atoms with Crippen LogP contribution in [0.1, 0.15) is 30.6 Å². The first-order valence-electron chi connectivity index (χ1n) is 5.12. The fourth-order valence-corrected chi connectivity index (χ4v) is 1.02.